The first-order chi connectivity index (χ1) is 10.4. The largest absolute Gasteiger partial charge is 0.471 e. The molecule has 3 rings (SSSR count). The second kappa shape index (κ2) is 5.60. The van der Waals surface area contributed by atoms with E-state index >= 15 is 0 Å². The lowest BCUT2D eigenvalue weighted by Crippen LogP contribution is -2.56. The Morgan fingerprint density at radius 1 is 1.36 bits per heavy atom. The molecule has 0 aromatic carbocycles. The van der Waals surface area contributed by atoms with Crippen molar-refractivity contribution >= 4 is 17.2 Å². The quantitative estimate of drug-likeness (QED) is 0.870. The minimum absolute atomic E-state index is 0.0805. The normalized spacial score (nSPS) is 15.5. The molecular weight excluding hydrogens is 317 g/mol. The van der Waals surface area contributed by atoms with Crippen LogP contribution in [0, 0.1) is 0 Å². The summed E-state index contributed by atoms with van der Waals surface area (Å²) in [6, 6.07) is 5.28. The van der Waals surface area contributed by atoms with Crippen LogP contribution < -0.4 is 4.74 Å². The second-order valence-electron chi connectivity index (χ2n) is 4.81. The molecule has 1 amide bonds. The summed E-state index contributed by atoms with van der Waals surface area (Å²) in [7, 11) is 0. The van der Waals surface area contributed by atoms with Gasteiger partial charge in [-0.3, -0.25) is 4.79 Å². The van der Waals surface area contributed by atoms with Gasteiger partial charge in [0.05, 0.1) is 23.5 Å². The molecule has 1 aliphatic rings. The van der Waals surface area contributed by atoms with Crippen molar-refractivity contribution in [2.24, 2.45) is 0 Å². The number of amides is 1. The summed E-state index contributed by atoms with van der Waals surface area (Å²) < 4.78 is 43.2. The van der Waals surface area contributed by atoms with E-state index < -0.39 is 11.7 Å². The average molecular weight is 328 g/mol. The molecule has 3 heterocycles. The number of rotatable bonds is 3. The van der Waals surface area contributed by atoms with Crippen molar-refractivity contribution < 1.29 is 22.7 Å². The SMILES string of the molecule is O=C(c1cccs1)N1CC(Oc2cc(C(F)(F)F)ccn2)C1. The van der Waals surface area contributed by atoms with Crippen LogP contribution in [0.3, 0.4) is 0 Å². The monoisotopic (exact) mass is 328 g/mol. The summed E-state index contributed by atoms with van der Waals surface area (Å²) in [6.07, 6.45) is -3.70. The fourth-order valence-corrected chi connectivity index (χ4v) is 2.75. The van der Waals surface area contributed by atoms with Gasteiger partial charge < -0.3 is 9.64 Å². The van der Waals surface area contributed by atoms with Gasteiger partial charge in [0.25, 0.3) is 5.91 Å². The zero-order valence-electron chi connectivity index (χ0n) is 11.2. The minimum atomic E-state index is -4.43. The van der Waals surface area contributed by atoms with Crippen LogP contribution in [0.2, 0.25) is 0 Å². The van der Waals surface area contributed by atoms with Crippen molar-refractivity contribution in [1.82, 2.24) is 9.88 Å². The Kier molecular flexibility index (Phi) is 3.78. The lowest BCUT2D eigenvalue weighted by molar-refractivity contribution is -0.137. The molecule has 0 radical (unpaired) electrons. The van der Waals surface area contributed by atoms with Crippen molar-refractivity contribution in [3.8, 4) is 5.88 Å². The number of pyridine rings is 1. The van der Waals surface area contributed by atoms with Crippen molar-refractivity contribution in [3.63, 3.8) is 0 Å². The maximum atomic E-state index is 12.6. The van der Waals surface area contributed by atoms with Gasteiger partial charge in [-0.2, -0.15) is 13.2 Å². The maximum Gasteiger partial charge on any atom is 0.416 e. The third-order valence-electron chi connectivity index (χ3n) is 3.22. The van der Waals surface area contributed by atoms with Crippen LogP contribution in [0.1, 0.15) is 15.2 Å². The van der Waals surface area contributed by atoms with Gasteiger partial charge in [0.2, 0.25) is 5.88 Å². The molecule has 0 saturated carbocycles. The van der Waals surface area contributed by atoms with Crippen molar-refractivity contribution in [3.05, 3.63) is 46.3 Å². The first-order valence-corrected chi connectivity index (χ1v) is 7.34. The number of carbonyl (C=O) groups is 1. The zero-order valence-corrected chi connectivity index (χ0v) is 12.0. The van der Waals surface area contributed by atoms with Gasteiger partial charge in [-0.15, -0.1) is 11.3 Å². The minimum Gasteiger partial charge on any atom is -0.471 e. The highest BCUT2D eigenvalue weighted by molar-refractivity contribution is 7.12. The highest BCUT2D eigenvalue weighted by Crippen LogP contribution is 2.31. The maximum absolute atomic E-state index is 12.6. The smallest absolute Gasteiger partial charge is 0.416 e. The molecule has 2 aromatic rings. The Morgan fingerprint density at radius 3 is 2.77 bits per heavy atom. The van der Waals surface area contributed by atoms with Crippen LogP contribution in [-0.4, -0.2) is 35.0 Å². The third kappa shape index (κ3) is 3.06. The van der Waals surface area contributed by atoms with Gasteiger partial charge in [0.15, 0.2) is 0 Å². The molecule has 116 valence electrons. The number of alkyl halides is 3. The Balaban J connectivity index is 1.57. The molecule has 8 heteroatoms. The van der Waals surface area contributed by atoms with Gasteiger partial charge in [-0.1, -0.05) is 6.07 Å². The molecule has 1 aliphatic heterocycles. The molecule has 2 aromatic heterocycles. The van der Waals surface area contributed by atoms with E-state index in [0.717, 1.165) is 18.3 Å². The predicted molar refractivity (Wildman–Crippen MR) is 73.9 cm³/mol. The summed E-state index contributed by atoms with van der Waals surface area (Å²) >= 11 is 1.35. The average Bonchev–Trinajstić information content (AvgIpc) is 2.95. The van der Waals surface area contributed by atoms with E-state index in [0.29, 0.717) is 18.0 Å². The Labute approximate surface area is 128 Å². The first kappa shape index (κ1) is 14.8. The number of aromatic nitrogens is 1. The van der Waals surface area contributed by atoms with Gasteiger partial charge in [-0.25, -0.2) is 4.98 Å². The van der Waals surface area contributed by atoms with E-state index in [-0.39, 0.29) is 17.9 Å². The second-order valence-corrected chi connectivity index (χ2v) is 5.76. The molecule has 0 bridgehead atoms. The Morgan fingerprint density at radius 2 is 2.14 bits per heavy atom. The summed E-state index contributed by atoms with van der Waals surface area (Å²) in [5, 5.41) is 1.81. The number of thiophene rings is 1. The van der Waals surface area contributed by atoms with Crippen molar-refractivity contribution in [2.75, 3.05) is 13.1 Å². The van der Waals surface area contributed by atoms with Crippen LogP contribution in [-0.2, 0) is 6.18 Å². The molecule has 0 atom stereocenters. The lowest BCUT2D eigenvalue weighted by Gasteiger charge is -2.38. The summed E-state index contributed by atoms with van der Waals surface area (Å²) in [6.45, 7) is 0.684. The molecule has 0 aliphatic carbocycles. The number of likely N-dealkylation sites (tertiary alicyclic amines) is 1. The van der Waals surface area contributed by atoms with E-state index in [1.165, 1.54) is 11.3 Å². The van der Waals surface area contributed by atoms with Crippen LogP contribution >= 0.6 is 11.3 Å². The molecule has 1 saturated heterocycles. The number of hydrogen-bond donors (Lipinski definition) is 0. The molecule has 4 nitrogen and oxygen atoms in total. The summed E-state index contributed by atoms with van der Waals surface area (Å²) in [5.74, 6) is -0.171. The standard InChI is InChI=1S/C14H11F3N2O2S/c15-14(16,17)9-3-4-18-12(6-9)21-10-7-19(8-10)13(20)11-2-1-5-22-11/h1-6,10H,7-8H2. The van der Waals surface area contributed by atoms with E-state index in [4.69, 9.17) is 4.74 Å². The number of carbonyl (C=O) groups excluding carboxylic acids is 1. The van der Waals surface area contributed by atoms with Crippen LogP contribution in [0.25, 0.3) is 0 Å². The van der Waals surface area contributed by atoms with Crippen LogP contribution in [0.5, 0.6) is 5.88 Å². The Hall–Kier alpha value is -2.09. The fraction of sp³-hybridized carbons (Fsp3) is 0.286. The molecule has 22 heavy (non-hydrogen) atoms. The van der Waals surface area contributed by atoms with E-state index in [2.05, 4.69) is 4.98 Å². The van der Waals surface area contributed by atoms with Crippen LogP contribution in [0.15, 0.2) is 35.8 Å². The van der Waals surface area contributed by atoms with E-state index in [1.807, 2.05) is 5.38 Å². The van der Waals surface area contributed by atoms with Gasteiger partial charge in [0, 0.05) is 12.3 Å². The third-order valence-corrected chi connectivity index (χ3v) is 4.07. The number of hydrogen-bond acceptors (Lipinski definition) is 4. The molecule has 0 spiro atoms. The van der Waals surface area contributed by atoms with Crippen LogP contribution in [0.4, 0.5) is 13.2 Å². The number of nitrogens with zero attached hydrogens (tertiary/aromatic N) is 2. The first-order valence-electron chi connectivity index (χ1n) is 6.46. The fourth-order valence-electron chi connectivity index (χ4n) is 2.06. The topological polar surface area (TPSA) is 42.4 Å². The summed E-state index contributed by atoms with van der Waals surface area (Å²) in [4.78, 5) is 18.0. The Bertz CT molecular complexity index is 667. The van der Waals surface area contributed by atoms with Crippen molar-refractivity contribution in [1.29, 1.82) is 0 Å². The highest BCUT2D eigenvalue weighted by Gasteiger charge is 2.35. The molecule has 1 fully saturated rings. The predicted octanol–water partition coefficient (Wildman–Crippen LogP) is 3.07. The van der Waals surface area contributed by atoms with Crippen molar-refractivity contribution in [2.45, 2.75) is 12.3 Å². The lowest BCUT2D eigenvalue weighted by atomic mass is 10.1. The molecular formula is C14H11F3N2O2S. The molecule has 0 unspecified atom stereocenters. The van der Waals surface area contributed by atoms with Gasteiger partial charge in [-0.05, 0) is 17.5 Å². The number of ether oxygens (including phenoxy) is 1. The summed E-state index contributed by atoms with van der Waals surface area (Å²) in [5.41, 5.74) is -0.802. The van der Waals surface area contributed by atoms with Gasteiger partial charge >= 0.3 is 6.18 Å². The highest BCUT2D eigenvalue weighted by atomic mass is 32.1. The number of halogens is 3. The molecule has 0 N–H and O–H groups in total. The zero-order chi connectivity index (χ0) is 15.7. The van der Waals surface area contributed by atoms with E-state index in [9.17, 15) is 18.0 Å². The van der Waals surface area contributed by atoms with E-state index in [1.54, 1.807) is 17.0 Å². The van der Waals surface area contributed by atoms with Gasteiger partial charge in [0.1, 0.15) is 6.10 Å².